The Hall–Kier alpha value is -0.370. The van der Waals surface area contributed by atoms with Gasteiger partial charge in [0, 0.05) is 18.5 Å². The molecule has 2 aliphatic rings. The van der Waals surface area contributed by atoms with Crippen LogP contribution < -0.4 is 0 Å². The van der Waals surface area contributed by atoms with Crippen molar-refractivity contribution in [1.29, 1.82) is 0 Å². The average molecular weight is 209 g/mol. The number of hydrogen-bond donors (Lipinski definition) is 0. The summed E-state index contributed by atoms with van der Waals surface area (Å²) in [6.45, 7) is 6.39. The molecule has 0 aromatic rings. The van der Waals surface area contributed by atoms with Crippen LogP contribution in [-0.2, 0) is 4.79 Å². The van der Waals surface area contributed by atoms with Crippen LogP contribution in [0.4, 0.5) is 0 Å². The van der Waals surface area contributed by atoms with Crippen LogP contribution in [0.2, 0.25) is 0 Å². The van der Waals surface area contributed by atoms with Gasteiger partial charge in [-0.3, -0.25) is 9.69 Å². The zero-order valence-corrected chi connectivity index (χ0v) is 10.0. The number of Topliss-reactive ketones (excluding diaryl/α,β-unsaturated/α-hetero) is 1. The summed E-state index contributed by atoms with van der Waals surface area (Å²) in [5, 5.41) is 0. The van der Waals surface area contributed by atoms with Gasteiger partial charge >= 0.3 is 0 Å². The maximum absolute atomic E-state index is 12.0. The van der Waals surface area contributed by atoms with E-state index in [2.05, 4.69) is 18.7 Å². The molecule has 0 aromatic heterocycles. The molecule has 2 atom stereocenters. The SMILES string of the molecule is CC1CC(C)N(CC(=O)C2CCCC2)C1. The van der Waals surface area contributed by atoms with Gasteiger partial charge in [-0.25, -0.2) is 0 Å². The predicted octanol–water partition coefficient (Wildman–Crippen LogP) is 2.48. The third kappa shape index (κ3) is 2.60. The van der Waals surface area contributed by atoms with Crippen LogP contribution in [0.15, 0.2) is 0 Å². The quantitative estimate of drug-likeness (QED) is 0.711. The zero-order chi connectivity index (χ0) is 10.8. The van der Waals surface area contributed by atoms with Crippen molar-refractivity contribution in [2.45, 2.75) is 52.0 Å². The van der Waals surface area contributed by atoms with Gasteiger partial charge in [-0.2, -0.15) is 0 Å². The number of likely N-dealkylation sites (tertiary alicyclic amines) is 1. The summed E-state index contributed by atoms with van der Waals surface area (Å²) in [4.78, 5) is 14.4. The molecule has 0 amide bonds. The third-order valence-corrected chi connectivity index (χ3v) is 4.08. The fourth-order valence-corrected chi connectivity index (χ4v) is 3.18. The standard InChI is InChI=1S/C13H23NO/c1-10-7-11(2)14(8-10)9-13(15)12-5-3-4-6-12/h10-12H,3-9H2,1-2H3. The Labute approximate surface area is 93.0 Å². The summed E-state index contributed by atoms with van der Waals surface area (Å²) < 4.78 is 0. The first-order chi connectivity index (χ1) is 7.16. The Morgan fingerprint density at radius 1 is 1.27 bits per heavy atom. The van der Waals surface area contributed by atoms with Crippen LogP contribution in [0.25, 0.3) is 0 Å². The molecule has 0 N–H and O–H groups in total. The number of nitrogens with zero attached hydrogens (tertiary/aromatic N) is 1. The van der Waals surface area contributed by atoms with Crippen molar-refractivity contribution in [3.8, 4) is 0 Å². The van der Waals surface area contributed by atoms with Gasteiger partial charge in [-0.15, -0.1) is 0 Å². The number of carbonyl (C=O) groups is 1. The predicted molar refractivity (Wildman–Crippen MR) is 61.8 cm³/mol. The van der Waals surface area contributed by atoms with E-state index in [-0.39, 0.29) is 0 Å². The van der Waals surface area contributed by atoms with Crippen molar-refractivity contribution in [3.63, 3.8) is 0 Å². The minimum atomic E-state index is 0.396. The highest BCUT2D eigenvalue weighted by Crippen LogP contribution is 2.27. The minimum Gasteiger partial charge on any atom is -0.298 e. The lowest BCUT2D eigenvalue weighted by Gasteiger charge is -2.21. The van der Waals surface area contributed by atoms with Crippen LogP contribution in [-0.4, -0.2) is 29.8 Å². The minimum absolute atomic E-state index is 0.396. The van der Waals surface area contributed by atoms with E-state index in [1.165, 1.54) is 19.3 Å². The van der Waals surface area contributed by atoms with E-state index in [1.807, 2.05) is 0 Å². The zero-order valence-electron chi connectivity index (χ0n) is 10.0. The molecule has 86 valence electrons. The van der Waals surface area contributed by atoms with Crippen molar-refractivity contribution < 1.29 is 4.79 Å². The summed E-state index contributed by atoms with van der Waals surface area (Å²) in [5.74, 6) is 1.68. The van der Waals surface area contributed by atoms with Gasteiger partial charge in [0.25, 0.3) is 0 Å². The highest BCUT2D eigenvalue weighted by Gasteiger charge is 2.30. The van der Waals surface area contributed by atoms with Gasteiger partial charge in [0.05, 0.1) is 6.54 Å². The molecule has 1 heterocycles. The number of ketones is 1. The summed E-state index contributed by atoms with van der Waals surface area (Å²) >= 11 is 0. The highest BCUT2D eigenvalue weighted by molar-refractivity contribution is 5.83. The van der Waals surface area contributed by atoms with Crippen molar-refractivity contribution in [1.82, 2.24) is 4.90 Å². The average Bonchev–Trinajstić information content (AvgIpc) is 2.76. The van der Waals surface area contributed by atoms with Gasteiger partial charge in [-0.1, -0.05) is 19.8 Å². The van der Waals surface area contributed by atoms with Crippen LogP contribution in [0.1, 0.15) is 46.0 Å². The highest BCUT2D eigenvalue weighted by atomic mass is 16.1. The third-order valence-electron chi connectivity index (χ3n) is 4.08. The second-order valence-electron chi connectivity index (χ2n) is 5.57. The summed E-state index contributed by atoms with van der Waals surface area (Å²) in [6.07, 6.45) is 6.09. The molecular weight excluding hydrogens is 186 g/mol. The molecule has 2 unspecified atom stereocenters. The number of rotatable bonds is 3. The van der Waals surface area contributed by atoms with Crippen LogP contribution in [0.5, 0.6) is 0 Å². The molecule has 1 saturated heterocycles. The molecule has 2 fully saturated rings. The lowest BCUT2D eigenvalue weighted by atomic mass is 10.0. The first kappa shape index (κ1) is 11.1. The Morgan fingerprint density at radius 3 is 2.47 bits per heavy atom. The topological polar surface area (TPSA) is 20.3 Å². The molecule has 0 spiro atoms. The monoisotopic (exact) mass is 209 g/mol. The maximum atomic E-state index is 12.0. The van der Waals surface area contributed by atoms with Crippen LogP contribution in [0.3, 0.4) is 0 Å². The van der Waals surface area contributed by atoms with Crippen molar-refractivity contribution in [3.05, 3.63) is 0 Å². The lowest BCUT2D eigenvalue weighted by Crippen LogP contribution is -2.35. The fourth-order valence-electron chi connectivity index (χ4n) is 3.18. The Morgan fingerprint density at radius 2 is 1.93 bits per heavy atom. The molecule has 2 heteroatoms. The van der Waals surface area contributed by atoms with E-state index in [0.717, 1.165) is 31.8 Å². The second-order valence-corrected chi connectivity index (χ2v) is 5.57. The molecule has 15 heavy (non-hydrogen) atoms. The molecule has 2 rings (SSSR count). The molecular formula is C13H23NO. The number of hydrogen-bond acceptors (Lipinski definition) is 2. The van der Waals surface area contributed by atoms with E-state index in [0.29, 0.717) is 17.7 Å². The second kappa shape index (κ2) is 4.65. The molecule has 0 bridgehead atoms. The molecule has 0 aromatic carbocycles. The molecule has 1 aliphatic carbocycles. The van der Waals surface area contributed by atoms with E-state index < -0.39 is 0 Å². The largest absolute Gasteiger partial charge is 0.298 e. The molecule has 0 radical (unpaired) electrons. The van der Waals surface area contributed by atoms with Gasteiger partial charge in [-0.05, 0) is 32.1 Å². The molecule has 1 aliphatic heterocycles. The normalized spacial score (nSPS) is 33.7. The van der Waals surface area contributed by atoms with E-state index >= 15 is 0 Å². The number of carbonyl (C=O) groups excluding carboxylic acids is 1. The molecule has 1 saturated carbocycles. The van der Waals surface area contributed by atoms with E-state index in [4.69, 9.17) is 0 Å². The van der Waals surface area contributed by atoms with E-state index in [1.54, 1.807) is 0 Å². The summed E-state index contributed by atoms with van der Waals surface area (Å²) in [6, 6.07) is 0.616. The molecule has 2 nitrogen and oxygen atoms in total. The maximum Gasteiger partial charge on any atom is 0.149 e. The first-order valence-corrected chi connectivity index (χ1v) is 6.43. The Kier molecular flexibility index (Phi) is 3.45. The Balaban J connectivity index is 1.83. The van der Waals surface area contributed by atoms with Crippen molar-refractivity contribution >= 4 is 5.78 Å². The smallest absolute Gasteiger partial charge is 0.149 e. The fraction of sp³-hybridized carbons (Fsp3) is 0.923. The van der Waals surface area contributed by atoms with Crippen molar-refractivity contribution in [2.75, 3.05) is 13.1 Å². The van der Waals surface area contributed by atoms with E-state index in [9.17, 15) is 4.79 Å². The van der Waals surface area contributed by atoms with Gasteiger partial charge < -0.3 is 0 Å². The lowest BCUT2D eigenvalue weighted by molar-refractivity contribution is -0.124. The van der Waals surface area contributed by atoms with Gasteiger partial charge in [0.2, 0.25) is 0 Å². The van der Waals surface area contributed by atoms with Crippen LogP contribution >= 0.6 is 0 Å². The first-order valence-electron chi connectivity index (χ1n) is 6.43. The summed E-state index contributed by atoms with van der Waals surface area (Å²) in [7, 11) is 0. The van der Waals surface area contributed by atoms with Crippen molar-refractivity contribution in [2.24, 2.45) is 11.8 Å². The van der Waals surface area contributed by atoms with Gasteiger partial charge in [0.15, 0.2) is 0 Å². The van der Waals surface area contributed by atoms with Crippen LogP contribution in [0, 0.1) is 11.8 Å². The Bertz CT molecular complexity index is 233. The van der Waals surface area contributed by atoms with Gasteiger partial charge in [0.1, 0.15) is 5.78 Å². The summed E-state index contributed by atoms with van der Waals surface area (Å²) in [5.41, 5.74) is 0.